The maximum absolute atomic E-state index is 13.2. The molecule has 13 nitrogen and oxygen atoms in total. The van der Waals surface area contributed by atoms with E-state index < -0.39 is 66.8 Å². The predicted molar refractivity (Wildman–Crippen MR) is 134 cm³/mol. The van der Waals surface area contributed by atoms with E-state index in [0.29, 0.717) is 11.1 Å². The highest BCUT2D eigenvalue weighted by molar-refractivity contribution is 5.95. The Labute approximate surface area is 218 Å². The number of aromatic hydroxyl groups is 1. The largest absolute Gasteiger partial charge is 0.508 e. The minimum atomic E-state index is -1.51. The molecule has 204 valence electrons. The zero-order chi connectivity index (χ0) is 28.2. The summed E-state index contributed by atoms with van der Waals surface area (Å²) in [6.45, 7) is -0.848. The quantitative estimate of drug-likeness (QED) is 0.134. The fraction of sp³-hybridized carbons (Fsp3) is 0.320. The van der Waals surface area contributed by atoms with Crippen molar-refractivity contribution in [3.05, 3.63) is 65.7 Å². The highest BCUT2D eigenvalue weighted by Crippen LogP contribution is 2.12. The molecule has 4 amide bonds. The van der Waals surface area contributed by atoms with Crippen molar-refractivity contribution in [3.63, 3.8) is 0 Å². The van der Waals surface area contributed by atoms with Crippen LogP contribution in [0.25, 0.3) is 0 Å². The standard InChI is InChI=1S/C25H31N5O8/c26-17(12-21(27)33)22(34)30-20(13-31)24(36)28-18(10-14-4-2-1-3-5-14)23(35)29-19(25(37)38)11-15-6-8-16(32)9-7-15/h1-9,17-20,31-32H,10-13,26H2,(H2,27,33)(H,28,36)(H,29,35)(H,30,34)(H,37,38). The Hall–Kier alpha value is -4.49. The van der Waals surface area contributed by atoms with Crippen LogP contribution in [-0.2, 0) is 36.8 Å². The summed E-state index contributed by atoms with van der Waals surface area (Å²) in [5.74, 6) is -4.83. The second kappa shape index (κ2) is 14.3. The smallest absolute Gasteiger partial charge is 0.326 e. The van der Waals surface area contributed by atoms with Crippen LogP contribution in [-0.4, -0.2) is 75.7 Å². The van der Waals surface area contributed by atoms with Gasteiger partial charge < -0.3 is 42.7 Å². The van der Waals surface area contributed by atoms with Crippen molar-refractivity contribution >= 4 is 29.6 Å². The first kappa shape index (κ1) is 29.7. The molecule has 0 aromatic heterocycles. The van der Waals surface area contributed by atoms with E-state index in [0.717, 1.165) is 0 Å². The van der Waals surface area contributed by atoms with Gasteiger partial charge in [-0.25, -0.2) is 4.79 Å². The molecule has 38 heavy (non-hydrogen) atoms. The van der Waals surface area contributed by atoms with E-state index in [1.807, 2.05) is 0 Å². The molecule has 0 aliphatic carbocycles. The molecule has 0 radical (unpaired) electrons. The average molecular weight is 530 g/mol. The third kappa shape index (κ3) is 9.52. The van der Waals surface area contributed by atoms with Gasteiger partial charge in [-0.3, -0.25) is 19.2 Å². The Kier molecular flexibility index (Phi) is 11.2. The molecule has 2 aromatic carbocycles. The van der Waals surface area contributed by atoms with Gasteiger partial charge in [0.1, 0.15) is 23.9 Å². The van der Waals surface area contributed by atoms with Crippen molar-refractivity contribution in [1.29, 1.82) is 0 Å². The fourth-order valence-electron chi connectivity index (χ4n) is 3.45. The number of primary amides is 1. The summed E-state index contributed by atoms with van der Waals surface area (Å²) in [7, 11) is 0. The average Bonchev–Trinajstić information content (AvgIpc) is 2.87. The molecule has 0 fully saturated rings. The van der Waals surface area contributed by atoms with Gasteiger partial charge in [-0.1, -0.05) is 42.5 Å². The summed E-state index contributed by atoms with van der Waals surface area (Å²) < 4.78 is 0. The molecule has 0 saturated heterocycles. The van der Waals surface area contributed by atoms with E-state index in [1.54, 1.807) is 30.3 Å². The molecule has 4 unspecified atom stereocenters. The lowest BCUT2D eigenvalue weighted by Crippen LogP contribution is -2.58. The molecular weight excluding hydrogens is 498 g/mol. The highest BCUT2D eigenvalue weighted by Gasteiger charge is 2.30. The van der Waals surface area contributed by atoms with Crippen molar-refractivity contribution in [2.75, 3.05) is 6.61 Å². The van der Waals surface area contributed by atoms with Gasteiger partial charge in [0, 0.05) is 12.8 Å². The number of hydrogen-bond acceptors (Lipinski definition) is 8. The van der Waals surface area contributed by atoms with Crippen molar-refractivity contribution in [1.82, 2.24) is 16.0 Å². The lowest BCUT2D eigenvalue weighted by Gasteiger charge is -2.24. The van der Waals surface area contributed by atoms with E-state index >= 15 is 0 Å². The predicted octanol–water partition coefficient (Wildman–Crippen LogP) is -2.09. The monoisotopic (exact) mass is 529 g/mol. The first-order chi connectivity index (χ1) is 18.0. The maximum Gasteiger partial charge on any atom is 0.326 e. The highest BCUT2D eigenvalue weighted by atomic mass is 16.4. The molecule has 0 heterocycles. The molecule has 0 saturated carbocycles. The van der Waals surface area contributed by atoms with Gasteiger partial charge in [-0.05, 0) is 23.3 Å². The van der Waals surface area contributed by atoms with Gasteiger partial charge in [-0.15, -0.1) is 0 Å². The normalized spacial score (nSPS) is 13.8. The summed E-state index contributed by atoms with van der Waals surface area (Å²) in [6, 6.07) is 8.87. The van der Waals surface area contributed by atoms with Crippen LogP contribution in [0.2, 0.25) is 0 Å². The van der Waals surface area contributed by atoms with Crippen LogP contribution in [0.3, 0.4) is 0 Å². The number of aliphatic hydroxyl groups is 1. The van der Waals surface area contributed by atoms with Crippen molar-refractivity contribution in [3.8, 4) is 5.75 Å². The number of aliphatic hydroxyl groups excluding tert-OH is 1. The Bertz CT molecular complexity index is 1130. The van der Waals surface area contributed by atoms with Crippen LogP contribution in [0.5, 0.6) is 5.75 Å². The number of phenolic OH excluding ortho intramolecular Hbond substituents is 1. The fourth-order valence-corrected chi connectivity index (χ4v) is 3.45. The van der Waals surface area contributed by atoms with Gasteiger partial charge in [0.05, 0.1) is 19.1 Å². The summed E-state index contributed by atoms with van der Waals surface area (Å²) in [6.07, 6.45) is -0.611. The maximum atomic E-state index is 13.2. The molecule has 0 aliphatic rings. The van der Waals surface area contributed by atoms with E-state index in [9.17, 15) is 39.3 Å². The molecule has 0 spiro atoms. The Morgan fingerprint density at radius 1 is 0.737 bits per heavy atom. The van der Waals surface area contributed by atoms with Crippen LogP contribution < -0.4 is 27.4 Å². The van der Waals surface area contributed by atoms with Gasteiger partial charge in [0.25, 0.3) is 0 Å². The number of aliphatic carboxylic acids is 1. The lowest BCUT2D eigenvalue weighted by atomic mass is 10.0. The minimum absolute atomic E-state index is 0.00332. The van der Waals surface area contributed by atoms with Crippen molar-refractivity contribution < 1.29 is 39.3 Å². The zero-order valence-corrected chi connectivity index (χ0v) is 20.4. The summed E-state index contributed by atoms with van der Waals surface area (Å²) >= 11 is 0. The molecule has 0 aliphatic heterocycles. The number of nitrogens with one attached hydrogen (secondary N) is 3. The number of carbonyl (C=O) groups is 5. The van der Waals surface area contributed by atoms with Gasteiger partial charge in [-0.2, -0.15) is 0 Å². The van der Waals surface area contributed by atoms with Crippen LogP contribution >= 0.6 is 0 Å². The Morgan fingerprint density at radius 2 is 1.24 bits per heavy atom. The van der Waals surface area contributed by atoms with E-state index in [4.69, 9.17) is 11.5 Å². The van der Waals surface area contributed by atoms with E-state index in [1.165, 1.54) is 24.3 Å². The van der Waals surface area contributed by atoms with E-state index in [-0.39, 0.29) is 18.6 Å². The second-order valence-corrected chi connectivity index (χ2v) is 8.54. The summed E-state index contributed by atoms with van der Waals surface area (Å²) in [4.78, 5) is 61.0. The van der Waals surface area contributed by atoms with Crippen LogP contribution in [0.1, 0.15) is 17.5 Å². The number of phenols is 1. The molecule has 0 bridgehead atoms. The first-order valence-corrected chi connectivity index (χ1v) is 11.6. The van der Waals surface area contributed by atoms with Crippen LogP contribution in [0.15, 0.2) is 54.6 Å². The summed E-state index contributed by atoms with van der Waals surface area (Å²) in [5.41, 5.74) is 11.8. The molecule has 2 aromatic rings. The number of amides is 4. The summed E-state index contributed by atoms with van der Waals surface area (Å²) in [5, 5.41) is 35.8. The molecule has 10 N–H and O–H groups in total. The van der Waals surface area contributed by atoms with Gasteiger partial charge in [0.2, 0.25) is 23.6 Å². The first-order valence-electron chi connectivity index (χ1n) is 11.6. The Balaban J connectivity index is 2.18. The molecular formula is C25H31N5O8. The number of hydrogen-bond donors (Lipinski definition) is 8. The Morgan fingerprint density at radius 3 is 1.79 bits per heavy atom. The van der Waals surface area contributed by atoms with Crippen molar-refractivity contribution in [2.24, 2.45) is 11.5 Å². The minimum Gasteiger partial charge on any atom is -0.508 e. The van der Waals surface area contributed by atoms with E-state index in [2.05, 4.69) is 16.0 Å². The van der Waals surface area contributed by atoms with Crippen LogP contribution in [0, 0.1) is 0 Å². The second-order valence-electron chi connectivity index (χ2n) is 8.54. The number of carboxylic acid groups (broad SMARTS) is 1. The number of rotatable bonds is 14. The molecule has 2 rings (SSSR count). The van der Waals surface area contributed by atoms with Crippen molar-refractivity contribution in [2.45, 2.75) is 43.4 Å². The third-order valence-electron chi connectivity index (χ3n) is 5.48. The molecule has 4 atom stereocenters. The van der Waals surface area contributed by atoms with Gasteiger partial charge >= 0.3 is 5.97 Å². The van der Waals surface area contributed by atoms with Crippen LogP contribution in [0.4, 0.5) is 0 Å². The SMILES string of the molecule is NC(=O)CC(N)C(=O)NC(CO)C(=O)NC(Cc1ccccc1)C(=O)NC(Cc1ccc(O)cc1)C(=O)O. The molecule has 13 heteroatoms. The lowest BCUT2D eigenvalue weighted by molar-refractivity contribution is -0.142. The number of nitrogens with two attached hydrogens (primary N) is 2. The zero-order valence-electron chi connectivity index (χ0n) is 20.4. The van der Waals surface area contributed by atoms with Gasteiger partial charge in [0.15, 0.2) is 0 Å². The third-order valence-corrected chi connectivity index (χ3v) is 5.48. The number of benzene rings is 2. The topological polar surface area (TPSA) is 234 Å². The number of carbonyl (C=O) groups excluding carboxylic acids is 4. The number of carboxylic acids is 1.